The van der Waals surface area contributed by atoms with Crippen LogP contribution in [-0.2, 0) is 16.0 Å². The van der Waals surface area contributed by atoms with Crippen molar-refractivity contribution in [2.75, 3.05) is 19.5 Å². The number of esters is 1. The molecular formula is C26H23N3O5. The first-order valence-corrected chi connectivity index (χ1v) is 10.8. The lowest BCUT2D eigenvalue weighted by Gasteiger charge is -2.17. The molecule has 0 radical (unpaired) electrons. The molecule has 1 atom stereocenters. The predicted molar refractivity (Wildman–Crippen MR) is 130 cm³/mol. The number of methoxy groups -OCH3 is 2. The quantitative estimate of drug-likeness (QED) is 0.312. The number of benzene rings is 3. The number of hydrogen-bond acceptors (Lipinski definition) is 5. The Hall–Kier alpha value is -4.46. The molecule has 3 N–H and O–H groups in total. The Balaban J connectivity index is 1.39. The summed E-state index contributed by atoms with van der Waals surface area (Å²) in [5, 5.41) is 8.31. The molecular weight excluding hydrogens is 434 g/mol. The van der Waals surface area contributed by atoms with Crippen molar-refractivity contribution in [1.29, 1.82) is 0 Å². The molecule has 0 fully saturated rings. The van der Waals surface area contributed by atoms with Crippen LogP contribution in [0, 0.1) is 0 Å². The topological polar surface area (TPSA) is 106 Å². The Kier molecular flexibility index (Phi) is 5.55. The van der Waals surface area contributed by atoms with E-state index in [-0.39, 0.29) is 6.42 Å². The van der Waals surface area contributed by atoms with Gasteiger partial charge in [0.25, 0.3) is 0 Å². The van der Waals surface area contributed by atoms with Crippen LogP contribution in [0.1, 0.15) is 5.56 Å². The lowest BCUT2D eigenvalue weighted by molar-refractivity contribution is -0.142. The van der Waals surface area contributed by atoms with E-state index in [9.17, 15) is 9.59 Å². The second-order valence-electron chi connectivity index (χ2n) is 7.88. The van der Waals surface area contributed by atoms with Gasteiger partial charge in [-0.3, -0.25) is 0 Å². The zero-order valence-corrected chi connectivity index (χ0v) is 18.7. The van der Waals surface area contributed by atoms with Crippen molar-refractivity contribution in [2.24, 2.45) is 0 Å². The van der Waals surface area contributed by atoms with E-state index in [0.29, 0.717) is 17.0 Å². The van der Waals surface area contributed by atoms with Crippen LogP contribution in [-0.4, -0.2) is 37.2 Å². The number of ether oxygens (including phenoxy) is 2. The highest BCUT2D eigenvalue weighted by atomic mass is 16.5. The molecule has 0 aliphatic rings. The molecule has 34 heavy (non-hydrogen) atoms. The van der Waals surface area contributed by atoms with E-state index in [2.05, 4.69) is 15.6 Å². The van der Waals surface area contributed by atoms with Gasteiger partial charge in [0.2, 0.25) is 0 Å². The van der Waals surface area contributed by atoms with Gasteiger partial charge < -0.3 is 29.5 Å². The molecule has 8 nitrogen and oxygen atoms in total. The number of H-pyrrole nitrogens is 1. The van der Waals surface area contributed by atoms with Crippen molar-refractivity contribution in [3.63, 3.8) is 0 Å². The Bertz CT molecular complexity index is 1520. The Morgan fingerprint density at radius 2 is 1.74 bits per heavy atom. The summed E-state index contributed by atoms with van der Waals surface area (Å²) >= 11 is 0. The summed E-state index contributed by atoms with van der Waals surface area (Å²) in [6, 6.07) is 17.5. The summed E-state index contributed by atoms with van der Waals surface area (Å²) in [7, 11) is 2.82. The van der Waals surface area contributed by atoms with E-state index in [1.807, 2.05) is 60.8 Å². The minimum absolute atomic E-state index is 0.268. The van der Waals surface area contributed by atoms with Gasteiger partial charge in [0.15, 0.2) is 0 Å². The summed E-state index contributed by atoms with van der Waals surface area (Å²) in [6.45, 7) is 0. The Morgan fingerprint density at radius 1 is 0.971 bits per heavy atom. The number of carbonyl (C=O) groups is 2. The molecule has 0 spiro atoms. The normalized spacial score (nSPS) is 12.1. The Morgan fingerprint density at radius 3 is 2.53 bits per heavy atom. The first-order valence-electron chi connectivity index (χ1n) is 10.8. The second-order valence-corrected chi connectivity index (χ2v) is 7.88. The number of fused-ring (bicyclic) bond motifs is 4. The van der Waals surface area contributed by atoms with Gasteiger partial charge in [-0.25, -0.2) is 9.59 Å². The molecule has 0 unspecified atom stereocenters. The second kappa shape index (κ2) is 8.82. The highest BCUT2D eigenvalue weighted by Gasteiger charge is 2.24. The van der Waals surface area contributed by atoms with Crippen molar-refractivity contribution >= 4 is 50.5 Å². The highest BCUT2D eigenvalue weighted by Crippen LogP contribution is 2.36. The number of rotatable bonds is 6. The van der Waals surface area contributed by atoms with Gasteiger partial charge in [0.1, 0.15) is 23.0 Å². The van der Waals surface area contributed by atoms with Crippen molar-refractivity contribution in [3.05, 3.63) is 72.4 Å². The fourth-order valence-electron chi connectivity index (χ4n) is 4.19. The third-order valence-electron chi connectivity index (χ3n) is 5.84. The van der Waals surface area contributed by atoms with Crippen LogP contribution in [0.25, 0.3) is 32.8 Å². The predicted octanol–water partition coefficient (Wildman–Crippen LogP) is 4.98. The standard InChI is InChI=1S/C26H23N3O5/c1-32-24-12-18-17-8-4-6-10-22(17)34-23(18)13-20(24)28-26(31)29-21(25(30)33-2)11-15-14-27-19-9-5-3-7-16(15)19/h3-10,12-14,21,27H,11H2,1-2H3,(H2,28,29,31)/t21-/m0/s1. The molecule has 2 amide bonds. The molecule has 0 bridgehead atoms. The molecule has 172 valence electrons. The monoisotopic (exact) mass is 457 g/mol. The van der Waals surface area contributed by atoms with Crippen LogP contribution in [0.5, 0.6) is 5.75 Å². The van der Waals surface area contributed by atoms with Crippen molar-refractivity contribution < 1.29 is 23.5 Å². The maximum atomic E-state index is 12.9. The number of carbonyl (C=O) groups excluding carboxylic acids is 2. The molecule has 8 heteroatoms. The number of aromatic nitrogens is 1. The number of aromatic amines is 1. The van der Waals surface area contributed by atoms with E-state index in [1.54, 1.807) is 6.07 Å². The van der Waals surface area contributed by atoms with Crippen molar-refractivity contribution in [3.8, 4) is 5.75 Å². The molecule has 0 aliphatic heterocycles. The summed E-state index contributed by atoms with van der Waals surface area (Å²) in [5.74, 6) is -0.0689. The van der Waals surface area contributed by atoms with Crippen molar-refractivity contribution in [2.45, 2.75) is 12.5 Å². The van der Waals surface area contributed by atoms with Gasteiger partial charge in [-0.1, -0.05) is 36.4 Å². The minimum Gasteiger partial charge on any atom is -0.495 e. The summed E-state index contributed by atoms with van der Waals surface area (Å²) in [6.07, 6.45) is 2.10. The van der Waals surface area contributed by atoms with Gasteiger partial charge in [0.05, 0.1) is 19.9 Å². The average Bonchev–Trinajstić information content (AvgIpc) is 3.43. The van der Waals surface area contributed by atoms with Crippen LogP contribution < -0.4 is 15.4 Å². The van der Waals surface area contributed by atoms with Gasteiger partial charge >= 0.3 is 12.0 Å². The van der Waals surface area contributed by atoms with Gasteiger partial charge in [-0.05, 0) is 23.8 Å². The number of hydrogen-bond donors (Lipinski definition) is 3. The summed E-state index contributed by atoms with van der Waals surface area (Å²) < 4.78 is 16.3. The number of nitrogens with one attached hydrogen (secondary N) is 3. The number of amides is 2. The summed E-state index contributed by atoms with van der Waals surface area (Å²) in [5.41, 5.74) is 3.62. The van der Waals surface area contributed by atoms with Crippen LogP contribution in [0.3, 0.4) is 0 Å². The lowest BCUT2D eigenvalue weighted by Crippen LogP contribution is -2.45. The lowest BCUT2D eigenvalue weighted by atomic mass is 10.1. The van der Waals surface area contributed by atoms with Gasteiger partial charge in [-0.2, -0.15) is 0 Å². The highest BCUT2D eigenvalue weighted by molar-refractivity contribution is 6.07. The number of furan rings is 1. The minimum atomic E-state index is -0.884. The molecule has 2 aromatic heterocycles. The molecule has 0 saturated heterocycles. The number of para-hydroxylation sites is 2. The zero-order chi connectivity index (χ0) is 23.7. The molecule has 0 aliphatic carbocycles. The van der Waals surface area contributed by atoms with E-state index in [0.717, 1.165) is 32.8 Å². The number of anilines is 1. The van der Waals surface area contributed by atoms with Crippen LogP contribution in [0.15, 0.2) is 71.3 Å². The average molecular weight is 457 g/mol. The van der Waals surface area contributed by atoms with E-state index >= 15 is 0 Å². The SMILES string of the molecule is COC(=O)[C@H](Cc1c[nH]c2ccccc12)NC(=O)Nc1cc2oc3ccccc3c2cc1OC. The van der Waals surface area contributed by atoms with E-state index in [1.165, 1.54) is 14.2 Å². The third-order valence-corrected chi connectivity index (χ3v) is 5.84. The fraction of sp³-hybridized carbons (Fsp3) is 0.154. The van der Waals surface area contributed by atoms with Crippen LogP contribution in [0.2, 0.25) is 0 Å². The summed E-state index contributed by atoms with van der Waals surface area (Å²) in [4.78, 5) is 28.5. The van der Waals surface area contributed by atoms with Gasteiger partial charge in [0, 0.05) is 40.4 Å². The maximum absolute atomic E-state index is 12.9. The van der Waals surface area contributed by atoms with Crippen LogP contribution >= 0.6 is 0 Å². The molecule has 5 rings (SSSR count). The van der Waals surface area contributed by atoms with Crippen LogP contribution in [0.4, 0.5) is 10.5 Å². The Labute approximate surface area is 194 Å². The molecule has 2 heterocycles. The fourth-order valence-corrected chi connectivity index (χ4v) is 4.19. The van der Waals surface area contributed by atoms with E-state index in [4.69, 9.17) is 13.9 Å². The van der Waals surface area contributed by atoms with Gasteiger partial charge in [-0.15, -0.1) is 0 Å². The smallest absolute Gasteiger partial charge is 0.328 e. The third kappa shape index (κ3) is 3.90. The maximum Gasteiger partial charge on any atom is 0.328 e. The molecule has 5 aromatic rings. The molecule has 3 aromatic carbocycles. The van der Waals surface area contributed by atoms with Crippen molar-refractivity contribution in [1.82, 2.24) is 10.3 Å². The molecule has 0 saturated carbocycles. The zero-order valence-electron chi connectivity index (χ0n) is 18.7. The number of urea groups is 1. The largest absolute Gasteiger partial charge is 0.495 e. The van der Waals surface area contributed by atoms with E-state index < -0.39 is 18.0 Å². The first kappa shape index (κ1) is 21.4. The first-order chi connectivity index (χ1) is 16.6.